The Bertz CT molecular complexity index is 960. The van der Waals surface area contributed by atoms with Crippen molar-refractivity contribution in [3.8, 4) is 0 Å². The summed E-state index contributed by atoms with van der Waals surface area (Å²) in [6.45, 7) is 0. The van der Waals surface area contributed by atoms with Crippen LogP contribution in [-0.2, 0) is 4.79 Å². The molecule has 1 aromatic carbocycles. The van der Waals surface area contributed by atoms with Crippen molar-refractivity contribution in [1.29, 1.82) is 0 Å². The fourth-order valence-electron chi connectivity index (χ4n) is 2.48. The van der Waals surface area contributed by atoms with Gasteiger partial charge < -0.3 is 21.4 Å². The van der Waals surface area contributed by atoms with E-state index in [0.29, 0.717) is 16.9 Å². The highest BCUT2D eigenvalue weighted by atomic mass is 16.2. The summed E-state index contributed by atoms with van der Waals surface area (Å²) in [6, 6.07) is 10.6. The van der Waals surface area contributed by atoms with Gasteiger partial charge in [-0.15, -0.1) is 0 Å². The summed E-state index contributed by atoms with van der Waals surface area (Å²) in [5, 5.41) is 5.92. The maximum Gasteiger partial charge on any atom is 0.319 e. The van der Waals surface area contributed by atoms with Crippen molar-refractivity contribution in [2.45, 2.75) is 0 Å². The Hall–Kier alpha value is -3.61. The number of benzene rings is 1. The van der Waals surface area contributed by atoms with Crippen LogP contribution in [0.25, 0.3) is 22.7 Å². The predicted octanol–water partition coefficient (Wildman–Crippen LogP) is 2.34. The summed E-state index contributed by atoms with van der Waals surface area (Å²) in [4.78, 5) is 30.7. The first-order valence-corrected chi connectivity index (χ1v) is 7.61. The Morgan fingerprint density at radius 2 is 2.00 bits per heavy atom. The summed E-state index contributed by atoms with van der Waals surface area (Å²) in [6.07, 6.45) is 5.00. The van der Waals surface area contributed by atoms with Crippen molar-refractivity contribution in [3.05, 3.63) is 59.9 Å². The van der Waals surface area contributed by atoms with Gasteiger partial charge in [0.15, 0.2) is 0 Å². The minimum atomic E-state index is -0.520. The number of rotatable bonds is 4. The first-order valence-electron chi connectivity index (χ1n) is 7.61. The van der Waals surface area contributed by atoms with Gasteiger partial charge in [0, 0.05) is 29.8 Å². The third kappa shape index (κ3) is 3.50. The summed E-state index contributed by atoms with van der Waals surface area (Å²) >= 11 is 0. The van der Waals surface area contributed by atoms with Crippen molar-refractivity contribution in [2.75, 3.05) is 12.4 Å². The number of urea groups is 1. The molecule has 2 heterocycles. The highest BCUT2D eigenvalue weighted by molar-refractivity contribution is 6.24. The number of H-pyrrole nitrogens is 1. The summed E-state index contributed by atoms with van der Waals surface area (Å²) in [5.41, 5.74) is 8.61. The van der Waals surface area contributed by atoms with E-state index in [1.807, 2.05) is 30.3 Å². The van der Waals surface area contributed by atoms with E-state index in [-0.39, 0.29) is 6.03 Å². The Kier molecular flexibility index (Phi) is 4.47. The smallest absolute Gasteiger partial charge is 0.319 e. The number of amides is 3. The van der Waals surface area contributed by atoms with Gasteiger partial charge in [-0.3, -0.25) is 4.79 Å². The average molecular weight is 335 g/mol. The Balaban J connectivity index is 2.06. The van der Waals surface area contributed by atoms with Crippen LogP contribution in [0.3, 0.4) is 0 Å². The fraction of sp³-hybridized carbons (Fsp3) is 0.0556. The maximum absolute atomic E-state index is 11.9. The minimum absolute atomic E-state index is 0.337. The molecule has 0 fully saturated rings. The van der Waals surface area contributed by atoms with Crippen molar-refractivity contribution >= 4 is 40.3 Å². The van der Waals surface area contributed by atoms with E-state index < -0.39 is 5.91 Å². The molecule has 7 nitrogen and oxygen atoms in total. The summed E-state index contributed by atoms with van der Waals surface area (Å²) in [7, 11) is 1.53. The number of nitrogens with zero attached hydrogens (tertiary/aromatic N) is 1. The van der Waals surface area contributed by atoms with E-state index in [1.165, 1.54) is 7.05 Å². The van der Waals surface area contributed by atoms with Gasteiger partial charge in [-0.25, -0.2) is 9.78 Å². The largest absolute Gasteiger partial charge is 0.366 e. The number of hydrogen-bond acceptors (Lipinski definition) is 3. The van der Waals surface area contributed by atoms with Crippen molar-refractivity contribution in [2.24, 2.45) is 5.73 Å². The maximum atomic E-state index is 11.9. The lowest BCUT2D eigenvalue weighted by molar-refractivity contribution is -0.112. The van der Waals surface area contributed by atoms with E-state index in [4.69, 9.17) is 5.73 Å². The van der Waals surface area contributed by atoms with Crippen molar-refractivity contribution in [3.63, 3.8) is 0 Å². The standard InChI is InChI=1S/C18H17N5O2/c1-20-18(25)23-13-8-15-12(9-21-17(15)22-10-13)7-14(16(19)24)11-5-3-2-4-6-11/h2-10H,1H3,(H2,19,24)(H,21,22)(H2,20,23,25). The highest BCUT2D eigenvalue weighted by Gasteiger charge is 2.11. The Labute approximate surface area is 143 Å². The number of pyridine rings is 1. The molecule has 7 heteroatoms. The monoisotopic (exact) mass is 335 g/mol. The van der Waals surface area contributed by atoms with E-state index in [9.17, 15) is 9.59 Å². The molecular weight excluding hydrogens is 318 g/mol. The first kappa shape index (κ1) is 16.3. The predicted molar refractivity (Wildman–Crippen MR) is 97.7 cm³/mol. The number of nitrogens with two attached hydrogens (primary N) is 1. The minimum Gasteiger partial charge on any atom is -0.366 e. The number of aromatic amines is 1. The number of carbonyl (C=O) groups is 2. The molecule has 0 saturated heterocycles. The molecule has 0 saturated carbocycles. The molecule has 0 aliphatic rings. The number of anilines is 1. The Morgan fingerprint density at radius 3 is 2.68 bits per heavy atom. The van der Waals surface area contributed by atoms with Crippen LogP contribution in [-0.4, -0.2) is 29.0 Å². The number of aromatic nitrogens is 2. The molecule has 126 valence electrons. The van der Waals surface area contributed by atoms with E-state index >= 15 is 0 Å². The van der Waals surface area contributed by atoms with Gasteiger partial charge >= 0.3 is 6.03 Å². The van der Waals surface area contributed by atoms with Crippen LogP contribution in [0.5, 0.6) is 0 Å². The zero-order valence-electron chi connectivity index (χ0n) is 13.5. The first-order chi connectivity index (χ1) is 12.1. The molecular formula is C18H17N5O2. The van der Waals surface area contributed by atoms with Gasteiger partial charge in [0.25, 0.3) is 0 Å². The van der Waals surface area contributed by atoms with Gasteiger partial charge in [0.2, 0.25) is 5.91 Å². The molecule has 0 spiro atoms. The molecule has 5 N–H and O–H groups in total. The zero-order valence-corrected chi connectivity index (χ0v) is 13.5. The normalized spacial score (nSPS) is 11.3. The topological polar surface area (TPSA) is 113 Å². The van der Waals surface area contributed by atoms with Crippen molar-refractivity contribution in [1.82, 2.24) is 15.3 Å². The Morgan fingerprint density at radius 1 is 1.24 bits per heavy atom. The van der Waals surface area contributed by atoms with E-state index in [1.54, 1.807) is 24.5 Å². The second-order valence-electron chi connectivity index (χ2n) is 5.36. The van der Waals surface area contributed by atoms with Crippen LogP contribution in [0.2, 0.25) is 0 Å². The highest BCUT2D eigenvalue weighted by Crippen LogP contribution is 2.25. The van der Waals surface area contributed by atoms with Crippen LogP contribution in [0.1, 0.15) is 11.1 Å². The second-order valence-corrected chi connectivity index (χ2v) is 5.36. The third-order valence-corrected chi connectivity index (χ3v) is 3.70. The van der Waals surface area contributed by atoms with Gasteiger partial charge in [-0.1, -0.05) is 30.3 Å². The van der Waals surface area contributed by atoms with Gasteiger partial charge in [0.05, 0.1) is 11.9 Å². The number of primary amides is 1. The van der Waals surface area contributed by atoms with E-state index in [2.05, 4.69) is 20.6 Å². The zero-order chi connectivity index (χ0) is 17.8. The number of carbonyl (C=O) groups excluding carboxylic acids is 2. The third-order valence-electron chi connectivity index (χ3n) is 3.70. The molecule has 0 aliphatic carbocycles. The van der Waals surface area contributed by atoms with Crippen LogP contribution >= 0.6 is 0 Å². The molecule has 0 bridgehead atoms. The lowest BCUT2D eigenvalue weighted by Crippen LogP contribution is -2.24. The number of fused-ring (bicyclic) bond motifs is 1. The van der Waals surface area contributed by atoms with Crippen LogP contribution in [0.4, 0.5) is 10.5 Å². The van der Waals surface area contributed by atoms with Gasteiger partial charge in [-0.05, 0) is 17.7 Å². The van der Waals surface area contributed by atoms with Crippen LogP contribution in [0, 0.1) is 0 Å². The molecule has 25 heavy (non-hydrogen) atoms. The second kappa shape index (κ2) is 6.88. The number of hydrogen-bond donors (Lipinski definition) is 4. The molecule has 0 aliphatic heterocycles. The van der Waals surface area contributed by atoms with Crippen LogP contribution < -0.4 is 16.4 Å². The SMILES string of the molecule is CNC(=O)Nc1cnc2[nH]cc(C=C(C(N)=O)c3ccccc3)c2c1. The summed E-state index contributed by atoms with van der Waals surface area (Å²) < 4.78 is 0. The lowest BCUT2D eigenvalue weighted by Gasteiger charge is -2.05. The molecule has 0 radical (unpaired) electrons. The molecule has 2 aromatic heterocycles. The van der Waals surface area contributed by atoms with Gasteiger partial charge in [0.1, 0.15) is 5.65 Å². The van der Waals surface area contributed by atoms with Crippen molar-refractivity contribution < 1.29 is 9.59 Å². The lowest BCUT2D eigenvalue weighted by atomic mass is 10.0. The van der Waals surface area contributed by atoms with Crippen LogP contribution in [0.15, 0.2) is 48.8 Å². The molecule has 3 rings (SSSR count). The average Bonchev–Trinajstić information content (AvgIpc) is 3.02. The number of nitrogens with one attached hydrogen (secondary N) is 3. The quantitative estimate of drug-likeness (QED) is 0.549. The molecule has 3 amide bonds. The molecule has 0 atom stereocenters. The summed E-state index contributed by atoms with van der Waals surface area (Å²) in [5.74, 6) is -0.520. The van der Waals surface area contributed by atoms with Gasteiger partial charge in [-0.2, -0.15) is 0 Å². The van der Waals surface area contributed by atoms with E-state index in [0.717, 1.165) is 16.5 Å². The molecule has 3 aromatic rings. The fourth-order valence-corrected chi connectivity index (χ4v) is 2.48. The molecule has 0 unspecified atom stereocenters.